The summed E-state index contributed by atoms with van der Waals surface area (Å²) in [7, 11) is 0. The highest BCUT2D eigenvalue weighted by Gasteiger charge is 2.22. The number of fused-ring (bicyclic) bond motifs is 1. The first-order valence-electron chi connectivity index (χ1n) is 10.6. The highest BCUT2D eigenvalue weighted by Crippen LogP contribution is 2.23. The molecule has 2 aromatic heterocycles. The molecule has 0 unspecified atom stereocenters. The maximum absolute atomic E-state index is 12.9. The van der Waals surface area contributed by atoms with Gasteiger partial charge in [0.05, 0.1) is 0 Å². The fourth-order valence-corrected chi connectivity index (χ4v) is 3.89. The van der Waals surface area contributed by atoms with E-state index in [0.29, 0.717) is 30.5 Å². The maximum atomic E-state index is 12.9. The fraction of sp³-hybridized carbons (Fsp3) is 0.455. The summed E-state index contributed by atoms with van der Waals surface area (Å²) < 4.78 is 2.74. The Hall–Kier alpha value is -3.16. The van der Waals surface area contributed by atoms with Crippen LogP contribution in [0.4, 0.5) is 5.82 Å². The molecule has 1 fully saturated rings. The molecular formula is C22H28N6O2. The minimum Gasteiger partial charge on any atom is -0.353 e. The number of hydrogen-bond acceptors (Lipinski definition) is 5. The minimum atomic E-state index is -0.317. The number of carbonyl (C=O) groups excluding carboxylic acids is 1. The third-order valence-corrected chi connectivity index (χ3v) is 5.80. The average Bonchev–Trinajstić information content (AvgIpc) is 3.09. The third-order valence-electron chi connectivity index (χ3n) is 5.80. The van der Waals surface area contributed by atoms with Crippen LogP contribution in [0.15, 0.2) is 47.5 Å². The number of likely N-dealkylation sites (N-methyl/N-ethyl adjacent to an activating group) is 1. The molecule has 1 amide bonds. The number of amides is 1. The molecule has 0 N–H and O–H groups in total. The van der Waals surface area contributed by atoms with Gasteiger partial charge >= 0.3 is 5.69 Å². The molecular weight excluding hydrogens is 380 g/mol. The van der Waals surface area contributed by atoms with Crippen LogP contribution in [0.1, 0.15) is 32.3 Å². The monoisotopic (exact) mass is 408 g/mol. The molecule has 158 valence electrons. The van der Waals surface area contributed by atoms with Gasteiger partial charge in [-0.25, -0.2) is 18.9 Å². The molecule has 1 aliphatic heterocycles. The Morgan fingerprint density at radius 2 is 1.93 bits per heavy atom. The molecule has 8 nitrogen and oxygen atoms in total. The number of piperidine rings is 1. The van der Waals surface area contributed by atoms with E-state index in [1.54, 1.807) is 17.3 Å². The summed E-state index contributed by atoms with van der Waals surface area (Å²) >= 11 is 0. The van der Waals surface area contributed by atoms with Crippen LogP contribution < -0.4 is 10.6 Å². The molecule has 0 radical (unpaired) electrons. The van der Waals surface area contributed by atoms with Gasteiger partial charge in [-0.15, -0.1) is 5.10 Å². The molecule has 0 bridgehead atoms. The SMILES string of the molecule is CCN(Cc1ccccc1)C(=O)Cn1nc2c(N3CCC(C)CC3)nccn2c1=O. The van der Waals surface area contributed by atoms with Gasteiger partial charge in [-0.3, -0.25) is 4.79 Å². The van der Waals surface area contributed by atoms with Crippen molar-refractivity contribution in [2.45, 2.75) is 39.8 Å². The summed E-state index contributed by atoms with van der Waals surface area (Å²) in [5.74, 6) is 1.28. The highest BCUT2D eigenvalue weighted by molar-refractivity contribution is 5.76. The lowest BCUT2D eigenvalue weighted by atomic mass is 9.99. The minimum absolute atomic E-state index is 0.0857. The van der Waals surface area contributed by atoms with Crippen molar-refractivity contribution in [3.63, 3.8) is 0 Å². The summed E-state index contributed by atoms with van der Waals surface area (Å²) in [4.78, 5) is 34.2. The molecule has 1 aromatic carbocycles. The lowest BCUT2D eigenvalue weighted by molar-refractivity contribution is -0.132. The van der Waals surface area contributed by atoms with Crippen molar-refractivity contribution in [2.75, 3.05) is 24.5 Å². The Bertz CT molecular complexity index is 1070. The van der Waals surface area contributed by atoms with Gasteiger partial charge < -0.3 is 9.80 Å². The van der Waals surface area contributed by atoms with E-state index >= 15 is 0 Å². The Morgan fingerprint density at radius 3 is 2.63 bits per heavy atom. The second kappa shape index (κ2) is 8.69. The van der Waals surface area contributed by atoms with E-state index in [9.17, 15) is 9.59 Å². The molecule has 3 heterocycles. The van der Waals surface area contributed by atoms with Crippen molar-refractivity contribution in [1.82, 2.24) is 24.1 Å². The van der Waals surface area contributed by atoms with Crippen molar-refractivity contribution < 1.29 is 4.79 Å². The van der Waals surface area contributed by atoms with Crippen LogP contribution in [0.2, 0.25) is 0 Å². The standard InChI is InChI=1S/C22H28N6O2/c1-3-25(15-18-7-5-4-6-8-18)19(29)16-28-22(30)27-14-11-23-20(21(27)24-28)26-12-9-17(2)10-13-26/h4-8,11,14,17H,3,9-10,12-13,15-16H2,1-2H3. The van der Waals surface area contributed by atoms with Gasteiger partial charge in [0, 0.05) is 38.6 Å². The van der Waals surface area contributed by atoms with Crippen LogP contribution in [0.25, 0.3) is 5.65 Å². The molecule has 0 spiro atoms. The van der Waals surface area contributed by atoms with Gasteiger partial charge in [0.1, 0.15) is 6.54 Å². The topological polar surface area (TPSA) is 75.7 Å². The number of benzene rings is 1. The molecule has 0 aliphatic carbocycles. The van der Waals surface area contributed by atoms with Crippen LogP contribution in [0, 0.1) is 5.92 Å². The van der Waals surface area contributed by atoms with Gasteiger partial charge in [0.15, 0.2) is 5.82 Å². The van der Waals surface area contributed by atoms with Crippen LogP contribution in [-0.4, -0.2) is 49.6 Å². The first-order valence-corrected chi connectivity index (χ1v) is 10.6. The van der Waals surface area contributed by atoms with Crippen molar-refractivity contribution in [1.29, 1.82) is 0 Å². The zero-order chi connectivity index (χ0) is 21.1. The number of hydrogen-bond donors (Lipinski definition) is 0. The largest absolute Gasteiger partial charge is 0.353 e. The lowest BCUT2D eigenvalue weighted by Crippen LogP contribution is -2.36. The van der Waals surface area contributed by atoms with Gasteiger partial charge in [-0.1, -0.05) is 37.3 Å². The van der Waals surface area contributed by atoms with Gasteiger partial charge in [0.25, 0.3) is 0 Å². The number of nitrogens with zero attached hydrogens (tertiary/aromatic N) is 6. The van der Waals surface area contributed by atoms with Crippen LogP contribution in [0.5, 0.6) is 0 Å². The van der Waals surface area contributed by atoms with E-state index in [1.165, 1.54) is 9.08 Å². The van der Waals surface area contributed by atoms with Crippen molar-refractivity contribution in [3.8, 4) is 0 Å². The number of anilines is 1. The molecule has 1 aliphatic rings. The first-order chi connectivity index (χ1) is 14.6. The number of aromatic nitrogens is 4. The van der Waals surface area contributed by atoms with E-state index in [1.807, 2.05) is 37.3 Å². The summed E-state index contributed by atoms with van der Waals surface area (Å²) in [5.41, 5.74) is 1.25. The summed E-state index contributed by atoms with van der Waals surface area (Å²) in [6.07, 6.45) is 5.43. The van der Waals surface area contributed by atoms with Gasteiger partial charge in [-0.2, -0.15) is 0 Å². The predicted molar refractivity (Wildman–Crippen MR) is 115 cm³/mol. The summed E-state index contributed by atoms with van der Waals surface area (Å²) in [6.45, 7) is 6.98. The van der Waals surface area contributed by atoms with Crippen molar-refractivity contribution in [2.24, 2.45) is 5.92 Å². The van der Waals surface area contributed by atoms with E-state index < -0.39 is 0 Å². The Kier molecular flexibility index (Phi) is 5.83. The summed E-state index contributed by atoms with van der Waals surface area (Å²) in [5, 5.41) is 4.49. The second-order valence-electron chi connectivity index (χ2n) is 7.95. The van der Waals surface area contributed by atoms with Crippen LogP contribution >= 0.6 is 0 Å². The van der Waals surface area contributed by atoms with E-state index in [2.05, 4.69) is 21.9 Å². The van der Waals surface area contributed by atoms with Crippen LogP contribution in [-0.2, 0) is 17.9 Å². The number of carbonyl (C=O) groups is 1. The zero-order valence-electron chi connectivity index (χ0n) is 17.6. The van der Waals surface area contributed by atoms with Crippen LogP contribution in [0.3, 0.4) is 0 Å². The third kappa shape index (κ3) is 4.08. The zero-order valence-corrected chi connectivity index (χ0v) is 17.6. The van der Waals surface area contributed by atoms with Crippen molar-refractivity contribution in [3.05, 3.63) is 58.8 Å². The first kappa shape index (κ1) is 20.1. The normalized spacial score (nSPS) is 14.9. The predicted octanol–water partition coefficient (Wildman–Crippen LogP) is 2.18. The molecule has 8 heteroatoms. The Balaban J connectivity index is 1.57. The van der Waals surface area contributed by atoms with Gasteiger partial charge in [-0.05, 0) is 31.2 Å². The molecule has 30 heavy (non-hydrogen) atoms. The number of rotatable bonds is 6. The highest BCUT2D eigenvalue weighted by atomic mass is 16.2. The Labute approximate surface area is 175 Å². The molecule has 3 aromatic rings. The molecule has 1 saturated heterocycles. The van der Waals surface area contributed by atoms with E-state index in [4.69, 9.17) is 0 Å². The fourth-order valence-electron chi connectivity index (χ4n) is 3.89. The summed E-state index contributed by atoms with van der Waals surface area (Å²) in [6, 6.07) is 9.84. The molecule has 0 atom stereocenters. The van der Waals surface area contributed by atoms with E-state index in [0.717, 1.165) is 31.5 Å². The smallest absolute Gasteiger partial charge is 0.350 e. The Morgan fingerprint density at radius 1 is 1.20 bits per heavy atom. The van der Waals surface area contributed by atoms with Gasteiger partial charge in [0.2, 0.25) is 11.6 Å². The quantitative estimate of drug-likeness (QED) is 0.625. The van der Waals surface area contributed by atoms with E-state index in [-0.39, 0.29) is 18.1 Å². The maximum Gasteiger partial charge on any atom is 0.350 e. The second-order valence-corrected chi connectivity index (χ2v) is 7.95. The molecule has 0 saturated carbocycles. The molecule has 4 rings (SSSR count). The lowest BCUT2D eigenvalue weighted by Gasteiger charge is -2.30. The van der Waals surface area contributed by atoms with Crippen molar-refractivity contribution >= 4 is 17.4 Å². The average molecular weight is 409 g/mol.